The van der Waals surface area contributed by atoms with Gasteiger partial charge in [0.2, 0.25) is 0 Å². The van der Waals surface area contributed by atoms with Crippen molar-refractivity contribution in [3.8, 4) is 11.5 Å². The standard InChI is InChI=1S/C19H14F3NO3/c1-25-13-4-2-11-3-5-14(9-12(11)8-13)26-10-17(24)23-16-7-6-15(20)18(21)19(16)22/h2-9H,10H2,1H3,(H,23,24). The van der Waals surface area contributed by atoms with Gasteiger partial charge in [-0.15, -0.1) is 0 Å². The maximum Gasteiger partial charge on any atom is 0.262 e. The number of carbonyl (C=O) groups is 1. The monoisotopic (exact) mass is 361 g/mol. The van der Waals surface area contributed by atoms with E-state index in [0.29, 0.717) is 11.5 Å². The minimum absolute atomic E-state index is 0.423. The lowest BCUT2D eigenvalue weighted by Crippen LogP contribution is -2.21. The average molecular weight is 361 g/mol. The number of amides is 1. The summed E-state index contributed by atoms with van der Waals surface area (Å²) in [6.45, 7) is -0.423. The third-order valence-corrected chi connectivity index (χ3v) is 3.70. The molecular formula is C19H14F3NO3. The van der Waals surface area contributed by atoms with E-state index in [2.05, 4.69) is 5.32 Å². The van der Waals surface area contributed by atoms with Crippen molar-refractivity contribution in [1.29, 1.82) is 0 Å². The zero-order chi connectivity index (χ0) is 18.7. The van der Waals surface area contributed by atoms with Crippen LogP contribution in [0.3, 0.4) is 0 Å². The van der Waals surface area contributed by atoms with E-state index in [1.54, 1.807) is 19.2 Å². The minimum atomic E-state index is -1.65. The van der Waals surface area contributed by atoms with Gasteiger partial charge in [0.25, 0.3) is 5.91 Å². The molecule has 0 aliphatic carbocycles. The maximum atomic E-state index is 13.5. The number of carbonyl (C=O) groups excluding carboxylic acids is 1. The summed E-state index contributed by atoms with van der Waals surface area (Å²) in [6.07, 6.45) is 0. The fourth-order valence-electron chi connectivity index (χ4n) is 2.38. The normalized spacial score (nSPS) is 10.6. The Morgan fingerprint density at radius 2 is 1.62 bits per heavy atom. The second kappa shape index (κ2) is 7.35. The number of nitrogens with one attached hydrogen (secondary N) is 1. The minimum Gasteiger partial charge on any atom is -0.497 e. The first-order chi connectivity index (χ1) is 12.5. The van der Waals surface area contributed by atoms with Crippen LogP contribution >= 0.6 is 0 Å². The number of rotatable bonds is 5. The molecule has 4 nitrogen and oxygen atoms in total. The van der Waals surface area contributed by atoms with Crippen LogP contribution < -0.4 is 14.8 Å². The molecule has 1 amide bonds. The molecule has 0 radical (unpaired) electrons. The molecule has 0 atom stereocenters. The lowest BCUT2D eigenvalue weighted by Gasteiger charge is -2.10. The summed E-state index contributed by atoms with van der Waals surface area (Å²) in [4.78, 5) is 11.9. The lowest BCUT2D eigenvalue weighted by atomic mass is 10.1. The first-order valence-corrected chi connectivity index (χ1v) is 7.62. The lowest BCUT2D eigenvalue weighted by molar-refractivity contribution is -0.118. The van der Waals surface area contributed by atoms with Crippen molar-refractivity contribution in [3.05, 3.63) is 66.0 Å². The van der Waals surface area contributed by atoms with Gasteiger partial charge in [-0.3, -0.25) is 4.79 Å². The molecule has 0 heterocycles. The first kappa shape index (κ1) is 17.6. The number of hydrogen-bond acceptors (Lipinski definition) is 3. The van der Waals surface area contributed by atoms with E-state index in [4.69, 9.17) is 9.47 Å². The van der Waals surface area contributed by atoms with Gasteiger partial charge in [0, 0.05) is 0 Å². The van der Waals surface area contributed by atoms with Gasteiger partial charge in [0.05, 0.1) is 12.8 Å². The molecule has 0 saturated heterocycles. The van der Waals surface area contributed by atoms with Crippen molar-refractivity contribution in [1.82, 2.24) is 0 Å². The second-order valence-corrected chi connectivity index (χ2v) is 5.43. The number of fused-ring (bicyclic) bond motifs is 1. The molecule has 3 rings (SSSR count). The van der Waals surface area contributed by atoms with Crippen LogP contribution in [0.1, 0.15) is 0 Å². The second-order valence-electron chi connectivity index (χ2n) is 5.43. The Labute approximate surface area is 147 Å². The maximum absolute atomic E-state index is 13.5. The van der Waals surface area contributed by atoms with Crippen LogP contribution in [-0.2, 0) is 4.79 Å². The summed E-state index contributed by atoms with van der Waals surface area (Å²) < 4.78 is 50.1. The van der Waals surface area contributed by atoms with E-state index in [0.717, 1.165) is 22.9 Å². The van der Waals surface area contributed by atoms with Crippen LogP contribution in [-0.4, -0.2) is 19.6 Å². The molecule has 0 unspecified atom stereocenters. The van der Waals surface area contributed by atoms with Crippen LogP contribution in [0.25, 0.3) is 10.8 Å². The Balaban J connectivity index is 1.67. The van der Waals surface area contributed by atoms with E-state index < -0.39 is 35.7 Å². The van der Waals surface area contributed by atoms with Gasteiger partial charge in [0.15, 0.2) is 24.1 Å². The van der Waals surface area contributed by atoms with E-state index in [9.17, 15) is 18.0 Å². The van der Waals surface area contributed by atoms with Crippen molar-refractivity contribution in [2.75, 3.05) is 19.0 Å². The van der Waals surface area contributed by atoms with Crippen LogP contribution in [0.2, 0.25) is 0 Å². The number of hydrogen-bond donors (Lipinski definition) is 1. The number of methoxy groups -OCH3 is 1. The average Bonchev–Trinajstić information content (AvgIpc) is 2.66. The highest BCUT2D eigenvalue weighted by molar-refractivity contribution is 5.92. The highest BCUT2D eigenvalue weighted by Crippen LogP contribution is 2.25. The molecule has 26 heavy (non-hydrogen) atoms. The molecule has 0 bridgehead atoms. The molecule has 1 N–H and O–H groups in total. The van der Waals surface area contributed by atoms with Crippen molar-refractivity contribution >= 4 is 22.4 Å². The summed E-state index contributed by atoms with van der Waals surface area (Å²) in [5, 5.41) is 3.96. The van der Waals surface area contributed by atoms with E-state index in [-0.39, 0.29) is 0 Å². The predicted molar refractivity (Wildman–Crippen MR) is 90.9 cm³/mol. The van der Waals surface area contributed by atoms with Crippen molar-refractivity contribution in [3.63, 3.8) is 0 Å². The molecule has 7 heteroatoms. The Hall–Kier alpha value is -3.22. The summed E-state index contributed by atoms with van der Waals surface area (Å²) in [5.41, 5.74) is -0.458. The number of anilines is 1. The van der Waals surface area contributed by atoms with Gasteiger partial charge in [-0.1, -0.05) is 12.1 Å². The third kappa shape index (κ3) is 3.72. The largest absolute Gasteiger partial charge is 0.497 e. The zero-order valence-electron chi connectivity index (χ0n) is 13.7. The fraction of sp³-hybridized carbons (Fsp3) is 0.105. The summed E-state index contributed by atoms with van der Waals surface area (Å²) in [6, 6.07) is 12.4. The Morgan fingerprint density at radius 3 is 2.35 bits per heavy atom. The molecule has 0 aliphatic heterocycles. The molecule has 0 saturated carbocycles. The van der Waals surface area contributed by atoms with Crippen LogP contribution in [0.5, 0.6) is 11.5 Å². The fourth-order valence-corrected chi connectivity index (χ4v) is 2.38. The summed E-state index contributed by atoms with van der Waals surface area (Å²) in [7, 11) is 1.56. The number of ether oxygens (including phenoxy) is 2. The molecule has 0 aromatic heterocycles. The van der Waals surface area contributed by atoms with Gasteiger partial charge in [-0.2, -0.15) is 0 Å². The molecule has 3 aromatic rings. The van der Waals surface area contributed by atoms with Gasteiger partial charge in [-0.05, 0) is 47.2 Å². The summed E-state index contributed by atoms with van der Waals surface area (Å²) >= 11 is 0. The Morgan fingerprint density at radius 1 is 0.923 bits per heavy atom. The molecular weight excluding hydrogens is 347 g/mol. The predicted octanol–water partition coefficient (Wildman–Crippen LogP) is 4.28. The van der Waals surface area contributed by atoms with Gasteiger partial charge < -0.3 is 14.8 Å². The van der Waals surface area contributed by atoms with Crippen molar-refractivity contribution in [2.45, 2.75) is 0 Å². The van der Waals surface area contributed by atoms with E-state index >= 15 is 0 Å². The molecule has 0 fully saturated rings. The Kier molecular flexibility index (Phi) is 4.97. The third-order valence-electron chi connectivity index (χ3n) is 3.70. The first-order valence-electron chi connectivity index (χ1n) is 7.62. The van der Waals surface area contributed by atoms with E-state index in [1.165, 1.54) is 0 Å². The highest BCUT2D eigenvalue weighted by atomic mass is 19.2. The molecule has 134 valence electrons. The number of benzene rings is 3. The van der Waals surface area contributed by atoms with Crippen molar-refractivity contribution < 1.29 is 27.4 Å². The smallest absolute Gasteiger partial charge is 0.262 e. The van der Waals surface area contributed by atoms with E-state index in [1.807, 2.05) is 24.3 Å². The van der Waals surface area contributed by atoms with Gasteiger partial charge in [0.1, 0.15) is 11.5 Å². The molecule has 0 spiro atoms. The highest BCUT2D eigenvalue weighted by Gasteiger charge is 2.15. The molecule has 3 aromatic carbocycles. The zero-order valence-corrected chi connectivity index (χ0v) is 13.7. The topological polar surface area (TPSA) is 47.6 Å². The van der Waals surface area contributed by atoms with Gasteiger partial charge in [-0.25, -0.2) is 13.2 Å². The van der Waals surface area contributed by atoms with Crippen LogP contribution in [0, 0.1) is 17.5 Å². The quantitative estimate of drug-likeness (QED) is 0.690. The summed E-state index contributed by atoms with van der Waals surface area (Å²) in [5.74, 6) is -4.04. The Bertz CT molecular complexity index is 976. The SMILES string of the molecule is COc1ccc2ccc(OCC(=O)Nc3ccc(F)c(F)c3F)cc2c1. The van der Waals surface area contributed by atoms with Crippen LogP contribution in [0.4, 0.5) is 18.9 Å². The van der Waals surface area contributed by atoms with Crippen LogP contribution in [0.15, 0.2) is 48.5 Å². The van der Waals surface area contributed by atoms with Gasteiger partial charge >= 0.3 is 0 Å². The molecule has 0 aliphatic rings. The van der Waals surface area contributed by atoms with Crippen molar-refractivity contribution in [2.24, 2.45) is 0 Å². The number of halogens is 3.